The highest BCUT2D eigenvalue weighted by Gasteiger charge is 2.24. The highest BCUT2D eigenvalue weighted by Crippen LogP contribution is 2.34. The fraction of sp³-hybridized carbons (Fsp3) is 0.500. The second-order valence-electron chi connectivity index (χ2n) is 5.56. The van der Waals surface area contributed by atoms with Crippen molar-refractivity contribution in [2.75, 3.05) is 0 Å². The van der Waals surface area contributed by atoms with Crippen LogP contribution in [0.3, 0.4) is 0 Å². The first kappa shape index (κ1) is 13.3. The summed E-state index contributed by atoms with van der Waals surface area (Å²) in [6, 6.07) is 10.3. The number of aliphatic hydroxyl groups is 1. The van der Waals surface area contributed by atoms with Gasteiger partial charge in [0.15, 0.2) is 0 Å². The normalized spacial score (nSPS) is 16.4. The van der Waals surface area contributed by atoms with Gasteiger partial charge in [-0.25, -0.2) is 4.68 Å². The lowest BCUT2D eigenvalue weighted by Gasteiger charge is -2.23. The maximum Gasteiger partial charge on any atom is 0.112 e. The molecule has 0 amide bonds. The molecule has 0 unspecified atom stereocenters. The quantitative estimate of drug-likeness (QED) is 0.930. The number of aliphatic hydroxyl groups excluding tert-OH is 1. The Hall–Kier alpha value is -1.68. The molecule has 20 heavy (non-hydrogen) atoms. The Morgan fingerprint density at radius 3 is 2.55 bits per heavy atom. The van der Waals surface area contributed by atoms with E-state index in [0.717, 1.165) is 17.9 Å². The fourth-order valence-corrected chi connectivity index (χ4v) is 3.16. The summed E-state index contributed by atoms with van der Waals surface area (Å²) in [5.41, 5.74) is 3.13. The van der Waals surface area contributed by atoms with Gasteiger partial charge < -0.3 is 5.11 Å². The molecule has 1 aromatic heterocycles. The second-order valence-corrected chi connectivity index (χ2v) is 5.56. The summed E-state index contributed by atoms with van der Waals surface area (Å²) in [6.45, 7) is 0.723. The summed E-state index contributed by atoms with van der Waals surface area (Å²) in [5.74, 6) is 0.504. The monoisotopic (exact) mass is 271 g/mol. The summed E-state index contributed by atoms with van der Waals surface area (Å²) in [7, 11) is 0. The van der Waals surface area contributed by atoms with E-state index in [2.05, 4.69) is 22.4 Å². The average molecular weight is 271 g/mol. The largest absolute Gasteiger partial charge is 0.390 e. The zero-order chi connectivity index (χ0) is 13.8. The molecular formula is C16H21N3O. The third-order valence-electron chi connectivity index (χ3n) is 4.16. The number of nitrogens with zero attached hydrogens (tertiary/aromatic N) is 3. The summed E-state index contributed by atoms with van der Waals surface area (Å²) >= 11 is 0. The van der Waals surface area contributed by atoms with Gasteiger partial charge in [-0.2, -0.15) is 0 Å². The molecule has 3 rings (SSSR count). The van der Waals surface area contributed by atoms with Crippen molar-refractivity contribution in [1.29, 1.82) is 0 Å². The van der Waals surface area contributed by atoms with Crippen molar-refractivity contribution in [1.82, 2.24) is 15.0 Å². The van der Waals surface area contributed by atoms with Gasteiger partial charge in [0.25, 0.3) is 0 Å². The second kappa shape index (κ2) is 6.18. The van der Waals surface area contributed by atoms with E-state index in [1.165, 1.54) is 37.7 Å². The summed E-state index contributed by atoms with van der Waals surface area (Å²) in [6.07, 6.45) is 6.24. The van der Waals surface area contributed by atoms with Crippen LogP contribution >= 0.6 is 0 Å². The van der Waals surface area contributed by atoms with Crippen LogP contribution in [0.2, 0.25) is 0 Å². The number of hydrogen-bond acceptors (Lipinski definition) is 3. The maximum absolute atomic E-state index is 9.51. The number of benzene rings is 1. The van der Waals surface area contributed by atoms with Crippen molar-refractivity contribution in [2.45, 2.75) is 51.2 Å². The van der Waals surface area contributed by atoms with Crippen molar-refractivity contribution in [3.05, 3.63) is 47.3 Å². The van der Waals surface area contributed by atoms with Crippen LogP contribution in [0.25, 0.3) is 0 Å². The molecule has 106 valence electrons. The van der Waals surface area contributed by atoms with Gasteiger partial charge in [0, 0.05) is 5.92 Å². The lowest BCUT2D eigenvalue weighted by atomic mass is 9.86. The lowest BCUT2D eigenvalue weighted by Crippen LogP contribution is -2.14. The Bertz CT molecular complexity index is 544. The molecular weight excluding hydrogens is 250 g/mol. The molecule has 0 atom stereocenters. The Morgan fingerprint density at radius 2 is 1.85 bits per heavy atom. The third-order valence-corrected chi connectivity index (χ3v) is 4.16. The van der Waals surface area contributed by atoms with Gasteiger partial charge in [-0.1, -0.05) is 54.8 Å². The zero-order valence-corrected chi connectivity index (χ0v) is 11.7. The summed E-state index contributed by atoms with van der Waals surface area (Å²) < 4.78 is 1.98. The highest BCUT2D eigenvalue weighted by molar-refractivity contribution is 5.20. The average Bonchev–Trinajstić information content (AvgIpc) is 2.92. The topological polar surface area (TPSA) is 50.9 Å². The maximum atomic E-state index is 9.51. The van der Waals surface area contributed by atoms with E-state index in [1.807, 2.05) is 22.9 Å². The SMILES string of the molecule is OCc1nnn(Cc2ccccc2)c1C1CCCCC1. The molecule has 0 saturated heterocycles. The molecule has 4 nitrogen and oxygen atoms in total. The van der Waals surface area contributed by atoms with E-state index >= 15 is 0 Å². The van der Waals surface area contributed by atoms with Crippen LogP contribution in [0.15, 0.2) is 30.3 Å². The van der Waals surface area contributed by atoms with Crippen molar-refractivity contribution in [2.24, 2.45) is 0 Å². The van der Waals surface area contributed by atoms with Crippen LogP contribution in [0.4, 0.5) is 0 Å². The molecule has 0 bridgehead atoms. The van der Waals surface area contributed by atoms with Crippen LogP contribution in [0.5, 0.6) is 0 Å². The van der Waals surface area contributed by atoms with E-state index in [4.69, 9.17) is 0 Å². The minimum absolute atomic E-state index is 0.0133. The van der Waals surface area contributed by atoms with Crippen molar-refractivity contribution >= 4 is 0 Å². The van der Waals surface area contributed by atoms with E-state index < -0.39 is 0 Å². The molecule has 2 aromatic rings. The van der Waals surface area contributed by atoms with Crippen molar-refractivity contribution in [3.63, 3.8) is 0 Å². The summed E-state index contributed by atoms with van der Waals surface area (Å²) in [5, 5.41) is 17.9. The predicted octanol–water partition coefficient (Wildman–Crippen LogP) is 2.87. The predicted molar refractivity (Wildman–Crippen MR) is 77.3 cm³/mol. The minimum Gasteiger partial charge on any atom is -0.390 e. The van der Waals surface area contributed by atoms with Gasteiger partial charge in [0.05, 0.1) is 18.8 Å². The molecule has 4 heteroatoms. The van der Waals surface area contributed by atoms with Crippen LogP contribution in [0.1, 0.15) is 55.0 Å². The third kappa shape index (κ3) is 2.75. The molecule has 1 heterocycles. The number of rotatable bonds is 4. The Balaban J connectivity index is 1.88. The van der Waals surface area contributed by atoms with Crippen LogP contribution < -0.4 is 0 Å². The first-order valence-corrected chi connectivity index (χ1v) is 7.45. The molecule has 1 N–H and O–H groups in total. The number of hydrogen-bond donors (Lipinski definition) is 1. The van der Waals surface area contributed by atoms with Crippen LogP contribution in [-0.2, 0) is 13.2 Å². The Labute approximate surface area is 119 Å². The summed E-state index contributed by atoms with van der Waals surface area (Å²) in [4.78, 5) is 0. The number of aromatic nitrogens is 3. The fourth-order valence-electron chi connectivity index (χ4n) is 3.16. The smallest absolute Gasteiger partial charge is 0.112 e. The van der Waals surface area contributed by atoms with Gasteiger partial charge in [0.2, 0.25) is 0 Å². The molecule has 1 aromatic carbocycles. The molecule has 0 radical (unpaired) electrons. The first-order chi connectivity index (χ1) is 9.88. The standard InChI is InChI=1S/C16H21N3O/c20-12-15-16(14-9-5-2-6-10-14)19(18-17-15)11-13-7-3-1-4-8-13/h1,3-4,7-8,14,20H,2,5-6,9-12H2. The van der Waals surface area contributed by atoms with E-state index in [-0.39, 0.29) is 6.61 Å². The van der Waals surface area contributed by atoms with E-state index in [0.29, 0.717) is 5.92 Å². The van der Waals surface area contributed by atoms with Crippen molar-refractivity contribution < 1.29 is 5.11 Å². The van der Waals surface area contributed by atoms with Crippen LogP contribution in [0, 0.1) is 0 Å². The molecule has 1 aliphatic rings. The zero-order valence-electron chi connectivity index (χ0n) is 11.7. The molecule has 1 fully saturated rings. The molecule has 1 saturated carbocycles. The highest BCUT2D eigenvalue weighted by atomic mass is 16.3. The van der Waals surface area contributed by atoms with Gasteiger partial charge in [-0.3, -0.25) is 0 Å². The van der Waals surface area contributed by atoms with Gasteiger partial charge in [0.1, 0.15) is 5.69 Å². The van der Waals surface area contributed by atoms with E-state index in [1.54, 1.807) is 0 Å². The molecule has 0 spiro atoms. The van der Waals surface area contributed by atoms with Gasteiger partial charge >= 0.3 is 0 Å². The molecule has 0 aliphatic heterocycles. The lowest BCUT2D eigenvalue weighted by molar-refractivity contribution is 0.273. The van der Waals surface area contributed by atoms with Gasteiger partial charge in [-0.05, 0) is 18.4 Å². The Morgan fingerprint density at radius 1 is 1.10 bits per heavy atom. The van der Waals surface area contributed by atoms with Gasteiger partial charge in [-0.15, -0.1) is 5.10 Å². The minimum atomic E-state index is -0.0133. The Kier molecular flexibility index (Phi) is 4.11. The van der Waals surface area contributed by atoms with Crippen molar-refractivity contribution in [3.8, 4) is 0 Å². The van der Waals surface area contributed by atoms with E-state index in [9.17, 15) is 5.11 Å². The van der Waals surface area contributed by atoms with Crippen LogP contribution in [-0.4, -0.2) is 20.1 Å². The molecule has 1 aliphatic carbocycles. The first-order valence-electron chi connectivity index (χ1n) is 7.45.